The van der Waals surface area contributed by atoms with Gasteiger partial charge in [-0.2, -0.15) is 19.2 Å². The third kappa shape index (κ3) is 5.41. The molecule has 2 aromatic carbocycles. The number of carbonyl (C=O) groups is 1. The second-order valence-corrected chi connectivity index (χ2v) is 8.15. The Kier molecular flexibility index (Phi) is 7.66. The first-order chi connectivity index (χ1) is 15.6. The number of benzene rings is 2. The van der Waals surface area contributed by atoms with Crippen LogP contribution in [0, 0.1) is 19.4 Å². The molecule has 2 N–H and O–H groups in total. The van der Waals surface area contributed by atoms with Crippen LogP contribution in [0.2, 0.25) is 0 Å². The smallest absolute Gasteiger partial charge is 0.393 e. The number of hydrogen-bond acceptors (Lipinski definition) is 5. The molecule has 0 amide bonds. The number of anilines is 2. The van der Waals surface area contributed by atoms with E-state index >= 15 is 0 Å². The molecule has 1 aliphatic rings. The Hall–Kier alpha value is -2.93. The number of alkyl halides is 3. The number of nitrogens with one attached hydrogen (secondary N) is 1. The molecule has 0 aliphatic carbocycles. The number of hydrogen-bond donors (Lipinski definition) is 2. The summed E-state index contributed by atoms with van der Waals surface area (Å²) in [6, 6.07) is 11.0. The normalized spacial score (nSPS) is 16.1. The molecule has 4 rings (SSSR count). The van der Waals surface area contributed by atoms with Gasteiger partial charge in [0.15, 0.2) is 11.3 Å². The van der Waals surface area contributed by atoms with Crippen molar-refractivity contribution >= 4 is 28.5 Å². The van der Waals surface area contributed by atoms with Gasteiger partial charge >= 0.3 is 12.1 Å². The number of piperidine rings is 1. The van der Waals surface area contributed by atoms with Crippen LogP contribution in [0.5, 0.6) is 0 Å². The maximum Gasteiger partial charge on any atom is 0.393 e. The largest absolute Gasteiger partial charge is 0.502 e. The number of para-hydroxylation sites is 1. The monoisotopic (exact) mass is 643 g/mol. The van der Waals surface area contributed by atoms with Crippen LogP contribution in [-0.2, 0) is 21.1 Å². The van der Waals surface area contributed by atoms with E-state index in [0.29, 0.717) is 29.6 Å². The minimum absolute atomic E-state index is 0. The standard InChI is InChI=1S/C24H22F3N2O4.W/c1-14-9-15(12-28-19-7-3-2-6-17(19)23(31)32)22-18(10-14)20(30)11-21(33-22)29-8-4-5-16(13-29)24(25,26)27;/h2-3,6-7,9-12,16,28H,4-5,8,13H2,1H3,(H,31,32);/q-1;. The Morgan fingerprint density at radius 2 is 1.97 bits per heavy atom. The fraction of sp³-hybridized carbons (Fsp3) is 0.292. The summed E-state index contributed by atoms with van der Waals surface area (Å²) >= 11 is 0. The van der Waals surface area contributed by atoms with Crippen LogP contribution in [0.3, 0.4) is 0 Å². The van der Waals surface area contributed by atoms with E-state index in [1.54, 1.807) is 37.3 Å². The number of nitrogens with zero attached hydrogens (tertiary/aromatic N) is 1. The molecule has 1 fully saturated rings. The first kappa shape index (κ1) is 25.7. The molecule has 34 heavy (non-hydrogen) atoms. The predicted octanol–water partition coefficient (Wildman–Crippen LogP) is 5.20. The minimum atomic E-state index is -4.31. The Labute approximate surface area is 208 Å². The second kappa shape index (κ2) is 10.1. The van der Waals surface area contributed by atoms with Crippen molar-refractivity contribution in [2.24, 2.45) is 5.92 Å². The zero-order chi connectivity index (χ0) is 23.8. The number of aromatic carboxylic acids is 1. The first-order valence-electron chi connectivity index (χ1n) is 10.5. The van der Waals surface area contributed by atoms with Crippen molar-refractivity contribution in [3.05, 3.63) is 75.9 Å². The summed E-state index contributed by atoms with van der Waals surface area (Å²) in [6.07, 6.45) is -3.93. The molecule has 6 nitrogen and oxygen atoms in total. The van der Waals surface area contributed by atoms with Gasteiger partial charge in [-0.05, 0) is 25.0 Å². The molecule has 0 radical (unpaired) electrons. The van der Waals surface area contributed by atoms with Crippen molar-refractivity contribution in [2.75, 3.05) is 23.3 Å². The quantitative estimate of drug-likeness (QED) is 0.373. The molecule has 2 heterocycles. The molecule has 1 atom stereocenters. The van der Waals surface area contributed by atoms with Crippen molar-refractivity contribution in [3.8, 4) is 0 Å². The molecule has 1 aliphatic heterocycles. The van der Waals surface area contributed by atoms with Gasteiger partial charge in [0.25, 0.3) is 0 Å². The number of carboxylic acid groups (broad SMARTS) is 1. The van der Waals surface area contributed by atoms with Gasteiger partial charge in [0, 0.05) is 56.9 Å². The summed E-state index contributed by atoms with van der Waals surface area (Å²) in [4.78, 5) is 25.7. The maximum atomic E-state index is 13.2. The zero-order valence-electron chi connectivity index (χ0n) is 18.2. The van der Waals surface area contributed by atoms with E-state index in [4.69, 9.17) is 4.42 Å². The molecule has 1 unspecified atom stereocenters. The molecule has 10 heteroatoms. The average molecular weight is 643 g/mol. The minimum Gasteiger partial charge on any atom is -0.502 e. The third-order valence-electron chi connectivity index (χ3n) is 5.73. The molecule has 0 saturated carbocycles. The number of carboxylic acids is 1. The van der Waals surface area contributed by atoms with E-state index in [0.717, 1.165) is 5.56 Å². The van der Waals surface area contributed by atoms with Gasteiger partial charge in [-0.3, -0.25) is 4.79 Å². The van der Waals surface area contributed by atoms with E-state index in [-0.39, 0.29) is 56.5 Å². The van der Waals surface area contributed by atoms with Gasteiger partial charge in [0.2, 0.25) is 0 Å². The average Bonchev–Trinajstić information content (AvgIpc) is 2.77. The summed E-state index contributed by atoms with van der Waals surface area (Å²) in [5, 5.41) is 12.6. The van der Waals surface area contributed by atoms with Crippen molar-refractivity contribution < 1.29 is 48.6 Å². The number of rotatable bonds is 5. The van der Waals surface area contributed by atoms with Crippen molar-refractivity contribution in [3.63, 3.8) is 0 Å². The van der Waals surface area contributed by atoms with Crippen LogP contribution in [0.1, 0.15) is 34.3 Å². The van der Waals surface area contributed by atoms with E-state index < -0.39 is 18.1 Å². The third-order valence-corrected chi connectivity index (χ3v) is 5.73. The molecule has 3 aromatic rings. The Morgan fingerprint density at radius 3 is 2.68 bits per heavy atom. The van der Waals surface area contributed by atoms with Crippen molar-refractivity contribution in [1.82, 2.24) is 0 Å². The summed E-state index contributed by atoms with van der Waals surface area (Å²) < 4.78 is 45.7. The predicted molar refractivity (Wildman–Crippen MR) is 119 cm³/mol. The van der Waals surface area contributed by atoms with Crippen LogP contribution < -0.4 is 15.6 Å². The van der Waals surface area contributed by atoms with E-state index in [1.165, 1.54) is 23.6 Å². The number of aryl methyl sites for hydroxylation is 1. The van der Waals surface area contributed by atoms with Crippen molar-refractivity contribution in [1.29, 1.82) is 0 Å². The Bertz CT molecular complexity index is 1260. The van der Waals surface area contributed by atoms with Crippen LogP contribution in [0.25, 0.3) is 11.0 Å². The van der Waals surface area contributed by atoms with Gasteiger partial charge in [-0.25, -0.2) is 4.79 Å². The van der Waals surface area contributed by atoms with Gasteiger partial charge in [0.05, 0.1) is 11.5 Å². The topological polar surface area (TPSA) is 82.8 Å². The zero-order valence-corrected chi connectivity index (χ0v) is 21.1. The van der Waals surface area contributed by atoms with Gasteiger partial charge in [-0.1, -0.05) is 31.7 Å². The molecule has 1 aromatic heterocycles. The van der Waals surface area contributed by atoms with Crippen LogP contribution in [0.15, 0.2) is 51.7 Å². The molecule has 0 bridgehead atoms. The van der Waals surface area contributed by atoms with Gasteiger partial charge in [-0.15, -0.1) is 11.1 Å². The fourth-order valence-electron chi connectivity index (χ4n) is 4.08. The van der Waals surface area contributed by atoms with E-state index in [1.807, 2.05) is 0 Å². The Morgan fingerprint density at radius 1 is 1.24 bits per heavy atom. The first-order valence-corrected chi connectivity index (χ1v) is 10.5. The molecule has 0 spiro atoms. The molecular weight excluding hydrogens is 621 g/mol. The second-order valence-electron chi connectivity index (χ2n) is 8.15. The number of halogens is 3. The fourth-order valence-corrected chi connectivity index (χ4v) is 4.08. The molecular formula is C24H22F3N2O4W-. The van der Waals surface area contributed by atoms with Crippen LogP contribution in [-0.4, -0.2) is 30.3 Å². The SMILES string of the molecule is Cc1cc([CH-]Nc2ccccc2C(=O)O)c2oc(N3CCCC(C(F)(F)F)C3)cc(=O)c2c1.[W]. The van der Waals surface area contributed by atoms with Crippen LogP contribution >= 0.6 is 0 Å². The van der Waals surface area contributed by atoms with E-state index in [9.17, 15) is 27.9 Å². The summed E-state index contributed by atoms with van der Waals surface area (Å²) in [6.45, 7) is 3.41. The van der Waals surface area contributed by atoms with Gasteiger partial charge in [0.1, 0.15) is 0 Å². The van der Waals surface area contributed by atoms with Crippen LogP contribution in [0.4, 0.5) is 24.7 Å². The van der Waals surface area contributed by atoms with Crippen molar-refractivity contribution in [2.45, 2.75) is 25.9 Å². The summed E-state index contributed by atoms with van der Waals surface area (Å²) in [5.74, 6) is -2.49. The van der Waals surface area contributed by atoms with Gasteiger partial charge < -0.3 is 19.7 Å². The summed E-state index contributed by atoms with van der Waals surface area (Å²) in [7, 11) is 0. The Balaban J connectivity index is 0.00000324. The summed E-state index contributed by atoms with van der Waals surface area (Å²) in [5.41, 5.74) is 1.54. The molecule has 1 saturated heterocycles. The maximum absolute atomic E-state index is 13.2. The number of fused-ring (bicyclic) bond motifs is 1. The molecule has 180 valence electrons. The van der Waals surface area contributed by atoms with E-state index in [2.05, 4.69) is 5.32 Å².